The van der Waals surface area contributed by atoms with Gasteiger partial charge in [-0.3, -0.25) is 0 Å². The van der Waals surface area contributed by atoms with Crippen molar-refractivity contribution in [3.05, 3.63) is 234 Å². The summed E-state index contributed by atoms with van der Waals surface area (Å²) in [6, 6.07) is 74.0. The van der Waals surface area contributed by atoms with Crippen LogP contribution in [0.1, 0.15) is 27.8 Å². The number of benzene rings is 8. The number of rotatable bonds is 7. The van der Waals surface area contributed by atoms with Crippen LogP contribution in [0.15, 0.2) is 206 Å². The highest BCUT2D eigenvalue weighted by molar-refractivity contribution is 5.89. The molecule has 8 aromatic carbocycles. The van der Waals surface area contributed by atoms with Crippen LogP contribution in [0.25, 0.3) is 67.5 Å². The number of fused-ring (bicyclic) bond motifs is 3. The van der Waals surface area contributed by atoms with Crippen molar-refractivity contribution >= 4 is 0 Å². The second-order valence-corrected chi connectivity index (χ2v) is 14.3. The summed E-state index contributed by atoms with van der Waals surface area (Å²) in [6.45, 7) is 0. The average molecular weight is 727 g/mol. The molecule has 0 aliphatic heterocycles. The Morgan fingerprint density at radius 3 is 1.18 bits per heavy atom. The molecule has 266 valence electrons. The van der Waals surface area contributed by atoms with Gasteiger partial charge in [-0.1, -0.05) is 188 Å². The van der Waals surface area contributed by atoms with Gasteiger partial charge in [0.1, 0.15) is 0 Å². The van der Waals surface area contributed by atoms with E-state index in [0.29, 0.717) is 23.0 Å². The van der Waals surface area contributed by atoms with Gasteiger partial charge in [0, 0.05) is 16.7 Å². The first-order valence-electron chi connectivity index (χ1n) is 19.1. The molecule has 57 heavy (non-hydrogen) atoms. The van der Waals surface area contributed by atoms with Gasteiger partial charge in [-0.25, -0.2) is 15.0 Å². The number of aromatic nitrogens is 3. The Balaban J connectivity index is 1.07. The molecule has 4 nitrogen and oxygen atoms in total. The van der Waals surface area contributed by atoms with Gasteiger partial charge in [0.15, 0.2) is 17.5 Å². The van der Waals surface area contributed by atoms with Crippen molar-refractivity contribution in [2.24, 2.45) is 0 Å². The third-order valence-electron chi connectivity index (χ3n) is 11.1. The maximum atomic E-state index is 10.0. The van der Waals surface area contributed by atoms with E-state index < -0.39 is 5.41 Å². The number of nitrogens with zero attached hydrogens (tertiary/aromatic N) is 4. The predicted octanol–water partition coefficient (Wildman–Crippen LogP) is 12.4. The first kappa shape index (κ1) is 33.8. The fourth-order valence-electron chi connectivity index (χ4n) is 8.34. The molecule has 10 rings (SSSR count). The Kier molecular flexibility index (Phi) is 8.39. The minimum Gasteiger partial charge on any atom is -0.208 e. The number of hydrogen-bond acceptors (Lipinski definition) is 4. The van der Waals surface area contributed by atoms with E-state index in [1.54, 1.807) is 0 Å². The summed E-state index contributed by atoms with van der Waals surface area (Å²) in [4.78, 5) is 15.0. The lowest BCUT2D eigenvalue weighted by Crippen LogP contribution is -2.28. The molecule has 4 heteroatoms. The minimum absolute atomic E-state index is 0.607. The second-order valence-electron chi connectivity index (χ2n) is 14.3. The molecular formula is C53H34N4. The van der Waals surface area contributed by atoms with Gasteiger partial charge in [0.2, 0.25) is 0 Å². The van der Waals surface area contributed by atoms with E-state index >= 15 is 0 Å². The quantitative estimate of drug-likeness (QED) is 0.164. The fraction of sp³-hybridized carbons (Fsp3) is 0.0189. The van der Waals surface area contributed by atoms with Gasteiger partial charge >= 0.3 is 0 Å². The van der Waals surface area contributed by atoms with E-state index in [9.17, 15) is 5.26 Å². The normalized spacial score (nSPS) is 12.3. The van der Waals surface area contributed by atoms with Crippen LogP contribution in [0.5, 0.6) is 0 Å². The summed E-state index contributed by atoms with van der Waals surface area (Å²) in [6.07, 6.45) is 0. The van der Waals surface area contributed by atoms with Crippen LogP contribution in [-0.2, 0) is 5.41 Å². The zero-order valence-corrected chi connectivity index (χ0v) is 30.9. The first-order valence-corrected chi connectivity index (χ1v) is 19.1. The van der Waals surface area contributed by atoms with E-state index in [0.717, 1.165) is 61.2 Å². The second kappa shape index (κ2) is 14.2. The molecule has 1 aliphatic carbocycles. The van der Waals surface area contributed by atoms with Gasteiger partial charge < -0.3 is 0 Å². The van der Waals surface area contributed by atoms with Crippen molar-refractivity contribution in [1.29, 1.82) is 5.26 Å². The van der Waals surface area contributed by atoms with Gasteiger partial charge in [-0.2, -0.15) is 5.26 Å². The van der Waals surface area contributed by atoms with Gasteiger partial charge in [0.25, 0.3) is 0 Å². The van der Waals surface area contributed by atoms with E-state index in [2.05, 4.69) is 170 Å². The first-order chi connectivity index (χ1) is 28.2. The predicted molar refractivity (Wildman–Crippen MR) is 229 cm³/mol. The molecule has 0 saturated carbocycles. The molecule has 1 aromatic heterocycles. The van der Waals surface area contributed by atoms with Crippen LogP contribution in [0, 0.1) is 11.3 Å². The lowest BCUT2D eigenvalue weighted by Gasteiger charge is -2.34. The SMILES string of the molecule is N#Cc1ccc2c(c1)C(c1ccccc1)(c1ccccc1)c1cc(-c3ccc(-c4nc(-c5ccccc5)nc(-c5ccc(-c6ccccc6)cc5)n4)cc3)ccc1-2. The van der Waals surface area contributed by atoms with Crippen LogP contribution in [0.2, 0.25) is 0 Å². The molecule has 0 radical (unpaired) electrons. The van der Waals surface area contributed by atoms with E-state index in [1.807, 2.05) is 42.5 Å². The average Bonchev–Trinajstić information content (AvgIpc) is 3.59. The lowest BCUT2D eigenvalue weighted by molar-refractivity contribution is 0.768. The summed E-state index contributed by atoms with van der Waals surface area (Å²) in [7, 11) is 0. The molecule has 0 spiro atoms. The van der Waals surface area contributed by atoms with Gasteiger partial charge in [-0.15, -0.1) is 0 Å². The fourth-order valence-corrected chi connectivity index (χ4v) is 8.34. The summed E-state index contributed by atoms with van der Waals surface area (Å²) >= 11 is 0. The molecule has 1 aliphatic rings. The Morgan fingerprint density at radius 2 is 0.684 bits per heavy atom. The lowest BCUT2D eigenvalue weighted by atomic mass is 9.67. The third-order valence-corrected chi connectivity index (χ3v) is 11.1. The van der Waals surface area contributed by atoms with Crippen molar-refractivity contribution in [2.45, 2.75) is 5.41 Å². The van der Waals surface area contributed by atoms with Crippen LogP contribution in [0.3, 0.4) is 0 Å². The van der Waals surface area contributed by atoms with Crippen LogP contribution in [0.4, 0.5) is 0 Å². The largest absolute Gasteiger partial charge is 0.208 e. The number of nitriles is 1. The Hall–Kier alpha value is -7.74. The van der Waals surface area contributed by atoms with Gasteiger partial charge in [0.05, 0.1) is 17.0 Å². The Bertz CT molecular complexity index is 2880. The minimum atomic E-state index is -0.607. The Labute approximate surface area is 332 Å². The van der Waals surface area contributed by atoms with E-state index in [-0.39, 0.29) is 0 Å². The zero-order valence-electron chi connectivity index (χ0n) is 30.9. The smallest absolute Gasteiger partial charge is 0.164 e. The number of hydrogen-bond donors (Lipinski definition) is 0. The highest BCUT2D eigenvalue weighted by Crippen LogP contribution is 2.57. The molecule has 9 aromatic rings. The monoisotopic (exact) mass is 726 g/mol. The van der Waals surface area contributed by atoms with Crippen molar-refractivity contribution in [1.82, 2.24) is 15.0 Å². The van der Waals surface area contributed by atoms with E-state index in [4.69, 9.17) is 15.0 Å². The third kappa shape index (κ3) is 5.90. The highest BCUT2D eigenvalue weighted by atomic mass is 15.0. The highest BCUT2D eigenvalue weighted by Gasteiger charge is 2.46. The van der Waals surface area contributed by atoms with Crippen molar-refractivity contribution in [3.8, 4) is 73.6 Å². The molecule has 0 unspecified atom stereocenters. The van der Waals surface area contributed by atoms with Crippen LogP contribution < -0.4 is 0 Å². The molecular weight excluding hydrogens is 693 g/mol. The topological polar surface area (TPSA) is 62.5 Å². The molecule has 0 N–H and O–H groups in total. The van der Waals surface area contributed by atoms with Crippen molar-refractivity contribution < 1.29 is 0 Å². The van der Waals surface area contributed by atoms with Crippen LogP contribution in [-0.4, -0.2) is 15.0 Å². The van der Waals surface area contributed by atoms with Gasteiger partial charge in [-0.05, 0) is 73.8 Å². The molecule has 0 amide bonds. The zero-order chi connectivity index (χ0) is 38.2. The van der Waals surface area contributed by atoms with Crippen LogP contribution >= 0.6 is 0 Å². The summed E-state index contributed by atoms with van der Waals surface area (Å²) < 4.78 is 0. The maximum absolute atomic E-state index is 10.0. The molecule has 0 atom stereocenters. The van der Waals surface area contributed by atoms with Crippen molar-refractivity contribution in [3.63, 3.8) is 0 Å². The molecule has 1 heterocycles. The Morgan fingerprint density at radius 1 is 0.333 bits per heavy atom. The standard InChI is InChI=1S/C53H34N4/c54-35-36-21-31-46-47-32-30-43(34-49(47)53(48(46)33-36,44-17-9-3-10-18-44)45-19-11-4-12-20-45)39-24-28-42(29-25-39)52-56-50(40-15-7-2-8-16-40)55-51(57-52)41-26-22-38(23-27-41)37-13-5-1-6-14-37/h1-34H. The van der Waals surface area contributed by atoms with Crippen molar-refractivity contribution in [2.75, 3.05) is 0 Å². The summed E-state index contributed by atoms with van der Waals surface area (Å²) in [5.41, 5.74) is 14.2. The molecule has 0 fully saturated rings. The summed E-state index contributed by atoms with van der Waals surface area (Å²) in [5, 5.41) is 10.0. The maximum Gasteiger partial charge on any atom is 0.164 e. The molecule has 0 bridgehead atoms. The van der Waals surface area contributed by atoms with E-state index in [1.165, 1.54) is 11.1 Å². The summed E-state index contributed by atoms with van der Waals surface area (Å²) in [5.74, 6) is 1.86. The molecule has 0 saturated heterocycles.